The van der Waals surface area contributed by atoms with E-state index in [1.165, 1.54) is 0 Å². The molecule has 0 saturated heterocycles. The van der Waals surface area contributed by atoms with E-state index >= 15 is 0 Å². The van der Waals surface area contributed by atoms with Crippen LogP contribution in [0.4, 0.5) is 0 Å². The van der Waals surface area contributed by atoms with Crippen molar-refractivity contribution in [3.8, 4) is 0 Å². The number of hydrogen-bond donors (Lipinski definition) is 0. The number of aromatic nitrogens is 1. The molecule has 0 aliphatic rings. The van der Waals surface area contributed by atoms with E-state index in [1.807, 2.05) is 4.90 Å². The molecule has 0 aliphatic carbocycles. The number of amides is 1. The molecule has 3 nitrogen and oxygen atoms in total. The second-order valence-electron chi connectivity index (χ2n) is 4.71. The fraction of sp³-hybridized carbons (Fsp3) is 0.571. The monoisotopic (exact) mass is 234 g/mol. The number of carbonyl (C=O) groups is 1. The fourth-order valence-corrected chi connectivity index (χ4v) is 1.68. The Bertz CT molecular complexity index is 335. The Morgan fingerprint density at radius 1 is 1.29 bits per heavy atom. The summed E-state index contributed by atoms with van der Waals surface area (Å²) in [5.41, 5.74) is 0.734. The maximum absolute atomic E-state index is 12.2. The molecule has 1 heterocycles. The van der Waals surface area contributed by atoms with Crippen LogP contribution in [0.25, 0.3) is 0 Å². The minimum absolute atomic E-state index is 0.120. The third-order valence-electron chi connectivity index (χ3n) is 2.68. The van der Waals surface area contributed by atoms with Gasteiger partial charge < -0.3 is 4.90 Å². The lowest BCUT2D eigenvalue weighted by atomic mass is 10.1. The summed E-state index contributed by atoms with van der Waals surface area (Å²) in [6, 6.07) is 3.56. The Kier molecular flexibility index (Phi) is 5.67. The van der Waals surface area contributed by atoms with Crippen LogP contribution in [0, 0.1) is 5.92 Å². The molecule has 0 aromatic carbocycles. The van der Waals surface area contributed by atoms with Crippen molar-refractivity contribution < 1.29 is 4.79 Å². The number of pyridine rings is 1. The average Bonchev–Trinajstić information content (AvgIpc) is 2.34. The molecule has 0 aliphatic heterocycles. The molecule has 0 saturated carbocycles. The van der Waals surface area contributed by atoms with Crippen LogP contribution in [-0.4, -0.2) is 28.9 Å². The highest BCUT2D eigenvalue weighted by molar-refractivity contribution is 5.94. The topological polar surface area (TPSA) is 33.2 Å². The van der Waals surface area contributed by atoms with Crippen molar-refractivity contribution in [3.63, 3.8) is 0 Å². The molecule has 0 atom stereocenters. The molecule has 0 unspecified atom stereocenters. The molecule has 1 amide bonds. The van der Waals surface area contributed by atoms with E-state index in [0.29, 0.717) is 5.92 Å². The van der Waals surface area contributed by atoms with Gasteiger partial charge in [0.2, 0.25) is 0 Å². The van der Waals surface area contributed by atoms with Crippen LogP contribution in [-0.2, 0) is 0 Å². The van der Waals surface area contributed by atoms with Gasteiger partial charge in [-0.1, -0.05) is 20.8 Å². The zero-order chi connectivity index (χ0) is 12.7. The normalized spacial score (nSPS) is 10.6. The smallest absolute Gasteiger partial charge is 0.253 e. The van der Waals surface area contributed by atoms with Gasteiger partial charge in [0.1, 0.15) is 0 Å². The Hall–Kier alpha value is -1.38. The molecule has 3 heteroatoms. The molecule has 0 N–H and O–H groups in total. The van der Waals surface area contributed by atoms with Crippen molar-refractivity contribution in [2.45, 2.75) is 33.6 Å². The molecule has 1 aromatic heterocycles. The highest BCUT2D eigenvalue weighted by Crippen LogP contribution is 2.08. The Labute approximate surface area is 104 Å². The van der Waals surface area contributed by atoms with Gasteiger partial charge in [0.05, 0.1) is 0 Å². The van der Waals surface area contributed by atoms with Gasteiger partial charge in [-0.15, -0.1) is 0 Å². The largest absolute Gasteiger partial charge is 0.339 e. The van der Waals surface area contributed by atoms with Gasteiger partial charge in [-0.25, -0.2) is 0 Å². The van der Waals surface area contributed by atoms with E-state index in [2.05, 4.69) is 25.8 Å². The molecule has 94 valence electrons. The van der Waals surface area contributed by atoms with E-state index in [9.17, 15) is 4.79 Å². The molecule has 1 rings (SSSR count). The quantitative estimate of drug-likeness (QED) is 0.758. The lowest BCUT2D eigenvalue weighted by molar-refractivity contribution is 0.0748. The van der Waals surface area contributed by atoms with Gasteiger partial charge in [-0.3, -0.25) is 9.78 Å². The third-order valence-corrected chi connectivity index (χ3v) is 2.68. The molecule has 0 bridgehead atoms. The van der Waals surface area contributed by atoms with Crippen molar-refractivity contribution in [1.82, 2.24) is 9.88 Å². The Morgan fingerprint density at radius 2 is 1.94 bits per heavy atom. The van der Waals surface area contributed by atoms with Gasteiger partial charge in [-0.05, 0) is 30.9 Å². The highest BCUT2D eigenvalue weighted by Gasteiger charge is 2.14. The zero-order valence-corrected chi connectivity index (χ0v) is 11.0. The van der Waals surface area contributed by atoms with E-state index in [4.69, 9.17) is 0 Å². The maximum atomic E-state index is 12.2. The van der Waals surface area contributed by atoms with Crippen LogP contribution < -0.4 is 0 Å². The van der Waals surface area contributed by atoms with Crippen LogP contribution >= 0.6 is 0 Å². The van der Waals surface area contributed by atoms with Gasteiger partial charge in [0.25, 0.3) is 5.91 Å². The second kappa shape index (κ2) is 7.05. The average molecular weight is 234 g/mol. The first kappa shape index (κ1) is 13.7. The van der Waals surface area contributed by atoms with Gasteiger partial charge >= 0.3 is 0 Å². The summed E-state index contributed by atoms with van der Waals surface area (Å²) in [6.45, 7) is 8.13. The summed E-state index contributed by atoms with van der Waals surface area (Å²) in [6.07, 6.45) is 5.38. The summed E-state index contributed by atoms with van der Waals surface area (Å²) in [5.74, 6) is 0.745. The molecule has 0 spiro atoms. The molecule has 17 heavy (non-hydrogen) atoms. The fourth-order valence-electron chi connectivity index (χ4n) is 1.68. The molecule has 0 fully saturated rings. The third kappa shape index (κ3) is 4.55. The second-order valence-corrected chi connectivity index (χ2v) is 4.71. The van der Waals surface area contributed by atoms with E-state index in [1.54, 1.807) is 24.5 Å². The van der Waals surface area contributed by atoms with Crippen LogP contribution in [0.3, 0.4) is 0 Å². The predicted octanol–water partition coefficient (Wildman–Crippen LogP) is 2.98. The Morgan fingerprint density at radius 3 is 2.47 bits per heavy atom. The summed E-state index contributed by atoms with van der Waals surface area (Å²) in [5, 5.41) is 0. The van der Waals surface area contributed by atoms with E-state index < -0.39 is 0 Å². The SMILES string of the molecule is CCCN(CCC(C)C)C(=O)c1ccncc1. The van der Waals surface area contributed by atoms with E-state index in [0.717, 1.165) is 31.5 Å². The standard InChI is InChI=1S/C14H22N2O/c1-4-10-16(11-7-12(2)3)14(17)13-5-8-15-9-6-13/h5-6,8-9,12H,4,7,10-11H2,1-3H3. The minimum Gasteiger partial charge on any atom is -0.339 e. The van der Waals surface area contributed by atoms with Crippen LogP contribution in [0.5, 0.6) is 0 Å². The maximum Gasteiger partial charge on any atom is 0.253 e. The summed E-state index contributed by atoms with van der Waals surface area (Å²) >= 11 is 0. The van der Waals surface area contributed by atoms with Gasteiger partial charge in [0.15, 0.2) is 0 Å². The molecular formula is C14H22N2O. The van der Waals surface area contributed by atoms with E-state index in [-0.39, 0.29) is 5.91 Å². The first-order chi connectivity index (χ1) is 8.15. The van der Waals surface area contributed by atoms with Crippen molar-refractivity contribution in [2.75, 3.05) is 13.1 Å². The lowest BCUT2D eigenvalue weighted by Crippen LogP contribution is -2.33. The van der Waals surface area contributed by atoms with Gasteiger partial charge in [-0.2, -0.15) is 0 Å². The minimum atomic E-state index is 0.120. The number of rotatable bonds is 6. The molecule has 1 aromatic rings. The summed E-state index contributed by atoms with van der Waals surface area (Å²) < 4.78 is 0. The van der Waals surface area contributed by atoms with Crippen molar-refractivity contribution >= 4 is 5.91 Å². The molecular weight excluding hydrogens is 212 g/mol. The summed E-state index contributed by atoms with van der Waals surface area (Å²) in [7, 11) is 0. The lowest BCUT2D eigenvalue weighted by Gasteiger charge is -2.23. The number of hydrogen-bond acceptors (Lipinski definition) is 2. The first-order valence-corrected chi connectivity index (χ1v) is 6.34. The predicted molar refractivity (Wildman–Crippen MR) is 69.9 cm³/mol. The van der Waals surface area contributed by atoms with Crippen LogP contribution in [0.2, 0.25) is 0 Å². The first-order valence-electron chi connectivity index (χ1n) is 6.34. The van der Waals surface area contributed by atoms with Crippen LogP contribution in [0.1, 0.15) is 44.0 Å². The summed E-state index contributed by atoms with van der Waals surface area (Å²) in [4.78, 5) is 18.1. The van der Waals surface area contributed by atoms with Gasteiger partial charge in [0, 0.05) is 31.0 Å². The molecule has 0 radical (unpaired) electrons. The van der Waals surface area contributed by atoms with Crippen molar-refractivity contribution in [1.29, 1.82) is 0 Å². The van der Waals surface area contributed by atoms with Crippen molar-refractivity contribution in [3.05, 3.63) is 30.1 Å². The number of carbonyl (C=O) groups excluding carboxylic acids is 1. The highest BCUT2D eigenvalue weighted by atomic mass is 16.2. The van der Waals surface area contributed by atoms with Crippen molar-refractivity contribution in [2.24, 2.45) is 5.92 Å². The number of nitrogens with zero attached hydrogens (tertiary/aromatic N) is 2. The zero-order valence-electron chi connectivity index (χ0n) is 11.0. The van der Waals surface area contributed by atoms with Crippen LogP contribution in [0.15, 0.2) is 24.5 Å². The Balaban J connectivity index is 2.66.